The van der Waals surface area contributed by atoms with E-state index < -0.39 is 17.7 Å². The minimum absolute atomic E-state index is 0.390. The largest absolute Gasteiger partial charge is 0.496 e. The number of hydrogen-bond acceptors (Lipinski definition) is 5. The Bertz CT molecular complexity index is 895. The van der Waals surface area contributed by atoms with Crippen molar-refractivity contribution in [2.45, 2.75) is 32.8 Å². The number of rotatable bonds is 7. The molecule has 6 nitrogen and oxygen atoms in total. The number of nitrogens with one attached hydrogen (secondary N) is 1. The zero-order chi connectivity index (χ0) is 22.1. The van der Waals surface area contributed by atoms with Gasteiger partial charge in [-0.3, -0.25) is 0 Å². The van der Waals surface area contributed by atoms with Crippen molar-refractivity contribution in [1.82, 2.24) is 5.32 Å². The first-order valence-electron chi connectivity index (χ1n) is 9.72. The number of carbonyl (C=O) groups excluding carboxylic acids is 2. The Balaban J connectivity index is 1.93. The third-order valence-corrected chi connectivity index (χ3v) is 4.16. The minimum Gasteiger partial charge on any atom is -0.496 e. The molecular weight excluding hydrogens is 382 g/mol. The highest BCUT2D eigenvalue weighted by Gasteiger charge is 2.15. The molecule has 160 valence electrons. The third kappa shape index (κ3) is 7.28. The highest BCUT2D eigenvalue weighted by atomic mass is 16.6. The Hall–Kier alpha value is -3.28. The van der Waals surface area contributed by atoms with Gasteiger partial charge in [0.05, 0.1) is 14.2 Å². The fourth-order valence-electron chi connectivity index (χ4n) is 2.70. The molecule has 0 spiro atoms. The summed E-state index contributed by atoms with van der Waals surface area (Å²) >= 11 is 0. The van der Waals surface area contributed by atoms with Crippen LogP contribution in [0.3, 0.4) is 0 Å². The second-order valence-electron chi connectivity index (χ2n) is 7.70. The van der Waals surface area contributed by atoms with E-state index in [0.29, 0.717) is 17.9 Å². The van der Waals surface area contributed by atoms with Crippen molar-refractivity contribution in [3.63, 3.8) is 0 Å². The highest BCUT2D eigenvalue weighted by molar-refractivity contribution is 5.93. The van der Waals surface area contributed by atoms with Gasteiger partial charge in [-0.2, -0.15) is 0 Å². The average Bonchev–Trinajstić information content (AvgIpc) is 2.71. The Morgan fingerprint density at radius 2 is 1.60 bits per heavy atom. The van der Waals surface area contributed by atoms with Crippen LogP contribution in [0.2, 0.25) is 0 Å². The minimum atomic E-state index is -0.498. The van der Waals surface area contributed by atoms with Crippen LogP contribution in [-0.4, -0.2) is 38.4 Å². The molecule has 0 aromatic heterocycles. The van der Waals surface area contributed by atoms with Gasteiger partial charge in [-0.15, -0.1) is 0 Å². The third-order valence-electron chi connectivity index (χ3n) is 4.16. The topological polar surface area (TPSA) is 73.9 Å². The molecule has 2 aromatic rings. The number of methoxy groups -OCH3 is 2. The number of carbonyl (C=O) groups is 2. The van der Waals surface area contributed by atoms with Crippen LogP contribution < -0.4 is 10.1 Å². The van der Waals surface area contributed by atoms with Crippen molar-refractivity contribution in [2.24, 2.45) is 0 Å². The van der Waals surface area contributed by atoms with E-state index in [-0.39, 0.29) is 0 Å². The van der Waals surface area contributed by atoms with E-state index in [0.717, 1.165) is 23.1 Å². The van der Waals surface area contributed by atoms with Crippen molar-refractivity contribution < 1.29 is 23.8 Å². The lowest BCUT2D eigenvalue weighted by Crippen LogP contribution is -2.33. The molecule has 0 aliphatic rings. The maximum absolute atomic E-state index is 11.7. The predicted octanol–water partition coefficient (Wildman–Crippen LogP) is 4.72. The second-order valence-corrected chi connectivity index (χ2v) is 7.70. The van der Waals surface area contributed by atoms with Crippen LogP contribution in [-0.2, 0) is 15.9 Å². The van der Waals surface area contributed by atoms with E-state index in [9.17, 15) is 9.59 Å². The molecule has 2 rings (SSSR count). The highest BCUT2D eigenvalue weighted by Crippen LogP contribution is 2.22. The fourth-order valence-corrected chi connectivity index (χ4v) is 2.70. The Morgan fingerprint density at radius 3 is 2.20 bits per heavy atom. The van der Waals surface area contributed by atoms with Crippen molar-refractivity contribution in [1.29, 1.82) is 0 Å². The van der Waals surface area contributed by atoms with Gasteiger partial charge in [0.25, 0.3) is 0 Å². The second kappa shape index (κ2) is 10.5. The summed E-state index contributed by atoms with van der Waals surface area (Å²) in [6.45, 7) is 6.02. The molecule has 1 amide bonds. The summed E-state index contributed by atoms with van der Waals surface area (Å²) in [6.07, 6.45) is 4.24. The molecule has 0 aliphatic carbocycles. The predicted molar refractivity (Wildman–Crippen MR) is 118 cm³/mol. The molecular formula is C24H29NO5. The molecule has 30 heavy (non-hydrogen) atoms. The smallest absolute Gasteiger partial charge is 0.407 e. The molecule has 2 aromatic carbocycles. The van der Waals surface area contributed by atoms with Gasteiger partial charge in [0.1, 0.15) is 16.9 Å². The maximum Gasteiger partial charge on any atom is 0.407 e. The Morgan fingerprint density at radius 1 is 0.967 bits per heavy atom. The first kappa shape index (κ1) is 23.0. The van der Waals surface area contributed by atoms with Crippen LogP contribution in [0, 0.1) is 0 Å². The summed E-state index contributed by atoms with van der Waals surface area (Å²) in [4.78, 5) is 23.4. The van der Waals surface area contributed by atoms with Gasteiger partial charge >= 0.3 is 12.1 Å². The molecule has 6 heteroatoms. The van der Waals surface area contributed by atoms with Crippen LogP contribution in [0.25, 0.3) is 12.2 Å². The first-order valence-corrected chi connectivity index (χ1v) is 9.72. The van der Waals surface area contributed by atoms with Crippen LogP contribution >= 0.6 is 0 Å². The van der Waals surface area contributed by atoms with Gasteiger partial charge in [0.2, 0.25) is 0 Å². The standard InChI is InChI=1S/C24H29NO5/c1-24(2,3)30-23(27)25-15-14-18-8-6-17(7-9-18)10-11-19-12-13-20(22(26)29-5)21(16-19)28-4/h6-13,16H,14-15H2,1-5H3,(H,25,27)/b11-10+. The summed E-state index contributed by atoms with van der Waals surface area (Å²) in [5.41, 5.74) is 2.95. The monoisotopic (exact) mass is 411 g/mol. The maximum atomic E-state index is 11.7. The number of esters is 1. The molecule has 0 atom stereocenters. The summed E-state index contributed by atoms with van der Waals surface area (Å²) in [5.74, 6) is 0.0379. The molecule has 0 unspecified atom stereocenters. The van der Waals surface area contributed by atoms with Crippen LogP contribution in [0.1, 0.15) is 47.8 Å². The molecule has 1 N–H and O–H groups in total. The molecule has 0 fully saturated rings. The summed E-state index contributed by atoms with van der Waals surface area (Å²) in [6, 6.07) is 13.4. The van der Waals surface area contributed by atoms with E-state index in [1.54, 1.807) is 12.1 Å². The summed E-state index contributed by atoms with van der Waals surface area (Å²) < 4.78 is 15.3. The zero-order valence-electron chi connectivity index (χ0n) is 18.2. The molecule has 0 saturated heterocycles. The summed E-state index contributed by atoms with van der Waals surface area (Å²) in [7, 11) is 2.86. The van der Waals surface area contributed by atoms with E-state index >= 15 is 0 Å². The number of amides is 1. The van der Waals surface area contributed by atoms with E-state index in [4.69, 9.17) is 14.2 Å². The molecule has 0 aliphatic heterocycles. The molecule has 0 radical (unpaired) electrons. The number of hydrogen-bond donors (Lipinski definition) is 1. The average molecular weight is 411 g/mol. The molecule has 0 heterocycles. The zero-order valence-corrected chi connectivity index (χ0v) is 18.2. The van der Waals surface area contributed by atoms with Crippen molar-refractivity contribution in [3.8, 4) is 5.75 Å². The Labute approximate surface area is 177 Å². The molecule has 0 bridgehead atoms. The van der Waals surface area contributed by atoms with Crippen molar-refractivity contribution >= 4 is 24.2 Å². The van der Waals surface area contributed by atoms with Crippen molar-refractivity contribution in [2.75, 3.05) is 20.8 Å². The van der Waals surface area contributed by atoms with E-state index in [1.165, 1.54) is 14.2 Å². The van der Waals surface area contributed by atoms with Crippen LogP contribution in [0.15, 0.2) is 42.5 Å². The van der Waals surface area contributed by atoms with Gasteiger partial charge in [0, 0.05) is 6.54 Å². The van der Waals surface area contributed by atoms with Gasteiger partial charge in [-0.25, -0.2) is 9.59 Å². The van der Waals surface area contributed by atoms with Gasteiger partial charge in [-0.1, -0.05) is 42.5 Å². The van der Waals surface area contributed by atoms with Gasteiger partial charge in [0.15, 0.2) is 0 Å². The normalized spacial score (nSPS) is 11.2. The lowest BCUT2D eigenvalue weighted by Gasteiger charge is -2.19. The number of benzene rings is 2. The van der Waals surface area contributed by atoms with Crippen molar-refractivity contribution in [3.05, 3.63) is 64.7 Å². The lowest BCUT2D eigenvalue weighted by atomic mass is 10.1. The van der Waals surface area contributed by atoms with Crippen LogP contribution in [0.4, 0.5) is 4.79 Å². The number of ether oxygens (including phenoxy) is 3. The SMILES string of the molecule is COC(=O)c1ccc(/C=C/c2ccc(CCNC(=O)OC(C)(C)C)cc2)cc1OC. The molecule has 0 saturated carbocycles. The first-order chi connectivity index (χ1) is 14.2. The number of alkyl carbamates (subject to hydrolysis) is 1. The van der Waals surface area contributed by atoms with Gasteiger partial charge < -0.3 is 19.5 Å². The Kier molecular flexibility index (Phi) is 8.04. The van der Waals surface area contributed by atoms with Crippen LogP contribution in [0.5, 0.6) is 5.75 Å². The summed E-state index contributed by atoms with van der Waals surface area (Å²) in [5, 5.41) is 2.76. The van der Waals surface area contributed by atoms with E-state index in [1.807, 2.05) is 63.3 Å². The fraction of sp³-hybridized carbons (Fsp3) is 0.333. The lowest BCUT2D eigenvalue weighted by molar-refractivity contribution is 0.0527. The quantitative estimate of drug-likeness (QED) is 0.527. The van der Waals surface area contributed by atoms with Gasteiger partial charge in [-0.05, 0) is 56.0 Å². The van der Waals surface area contributed by atoms with E-state index in [2.05, 4.69) is 5.32 Å².